The number of carboxylic acid groups (broad SMARTS) is 1. The van der Waals surface area contributed by atoms with Gasteiger partial charge < -0.3 is 15.1 Å². The molecule has 0 bridgehead atoms. The Hall–Kier alpha value is -3.99. The standard InChI is InChI=1S/2C19H24N.C10H13NO2.Ir/c2*1-10-9-18(15(6)12(3)11(10)2)19-16(7)13(4)14(5)17(8)20-19;1-5-6(2)8(4)11-9(7(5)3)10(12)13;/h2*1-8H3;1-4H3,(H,12,13);/q2*-1;;. The third kappa shape index (κ3) is 9.09. The summed E-state index contributed by atoms with van der Waals surface area (Å²) in [5.41, 5.74) is 28.8. The summed E-state index contributed by atoms with van der Waals surface area (Å²) < 4.78 is 0. The first-order valence-corrected chi connectivity index (χ1v) is 18.5. The van der Waals surface area contributed by atoms with E-state index >= 15 is 0 Å². The first-order valence-electron chi connectivity index (χ1n) is 18.5. The van der Waals surface area contributed by atoms with E-state index in [1.54, 1.807) is 6.92 Å². The second kappa shape index (κ2) is 18.1. The molecule has 0 aliphatic rings. The van der Waals surface area contributed by atoms with Gasteiger partial charge in [-0.05, 0) is 122 Å². The molecule has 0 aliphatic heterocycles. The fourth-order valence-corrected chi connectivity index (χ4v) is 6.62. The van der Waals surface area contributed by atoms with E-state index in [0.29, 0.717) is 0 Å². The maximum Gasteiger partial charge on any atom is 0.354 e. The number of pyridine rings is 3. The van der Waals surface area contributed by atoms with Crippen LogP contribution >= 0.6 is 0 Å². The fourth-order valence-electron chi connectivity index (χ4n) is 6.62. The maximum atomic E-state index is 10.8. The zero-order chi connectivity index (χ0) is 40.5. The zero-order valence-corrected chi connectivity index (χ0v) is 38.9. The quantitative estimate of drug-likeness (QED) is 0.183. The van der Waals surface area contributed by atoms with E-state index in [1.807, 2.05) is 20.8 Å². The molecule has 0 amide bonds. The Morgan fingerprint density at radius 2 is 0.648 bits per heavy atom. The molecule has 0 aliphatic carbocycles. The Labute approximate surface area is 339 Å². The minimum absolute atomic E-state index is 0. The SMILES string of the molecule is Cc1[c-]c(-c2nc(C)c(C)c(C)c2C)c(C)c(C)c1C.Cc1[c-]c(-c2nc(C)c(C)c(C)c2C)c(C)c(C)c1C.Cc1nc(C(=O)O)c(C)c(C)c1C.[Ir]. The second-order valence-electron chi connectivity index (χ2n) is 15.1. The van der Waals surface area contributed by atoms with E-state index in [0.717, 1.165) is 56.3 Å². The summed E-state index contributed by atoms with van der Waals surface area (Å²) in [6.07, 6.45) is 0. The van der Waals surface area contributed by atoms with Crippen molar-refractivity contribution in [2.24, 2.45) is 0 Å². The maximum absolute atomic E-state index is 10.8. The van der Waals surface area contributed by atoms with Crippen molar-refractivity contribution < 1.29 is 30.0 Å². The van der Waals surface area contributed by atoms with Gasteiger partial charge in [-0.1, -0.05) is 77.6 Å². The third-order valence-electron chi connectivity index (χ3n) is 12.3. The molecular formula is C48H61IrN3O2-2. The summed E-state index contributed by atoms with van der Waals surface area (Å²) in [5.74, 6) is -0.955. The average Bonchev–Trinajstić information content (AvgIpc) is 3.12. The van der Waals surface area contributed by atoms with E-state index in [1.165, 1.54) is 77.9 Å². The summed E-state index contributed by atoms with van der Waals surface area (Å²) in [7, 11) is 0. The van der Waals surface area contributed by atoms with Crippen LogP contribution < -0.4 is 0 Å². The Morgan fingerprint density at radius 3 is 0.963 bits per heavy atom. The average molecular weight is 904 g/mol. The van der Waals surface area contributed by atoms with Gasteiger partial charge in [0.05, 0.1) is 0 Å². The topological polar surface area (TPSA) is 76.0 Å². The number of aromatic nitrogens is 3. The molecule has 0 fully saturated rings. The van der Waals surface area contributed by atoms with Crippen LogP contribution in [0.25, 0.3) is 22.5 Å². The number of aromatic carboxylic acids is 1. The number of rotatable bonds is 3. The predicted molar refractivity (Wildman–Crippen MR) is 223 cm³/mol. The first kappa shape index (κ1) is 46.2. The molecule has 5 rings (SSSR count). The largest absolute Gasteiger partial charge is 0.477 e. The summed E-state index contributed by atoms with van der Waals surface area (Å²) in [6.45, 7) is 42.0. The van der Waals surface area contributed by atoms with Crippen LogP contribution in [0.15, 0.2) is 0 Å². The van der Waals surface area contributed by atoms with Crippen LogP contribution in [0.5, 0.6) is 0 Å². The Bertz CT molecular complexity index is 2020. The van der Waals surface area contributed by atoms with Crippen LogP contribution in [0, 0.1) is 151 Å². The molecule has 6 heteroatoms. The van der Waals surface area contributed by atoms with Crippen molar-refractivity contribution in [2.75, 3.05) is 0 Å². The van der Waals surface area contributed by atoms with Gasteiger partial charge in [-0.3, -0.25) is 0 Å². The van der Waals surface area contributed by atoms with Crippen LogP contribution in [0.1, 0.15) is 122 Å². The zero-order valence-electron chi connectivity index (χ0n) is 36.5. The van der Waals surface area contributed by atoms with E-state index in [2.05, 4.69) is 128 Å². The van der Waals surface area contributed by atoms with E-state index in [-0.39, 0.29) is 25.8 Å². The fraction of sp³-hybridized carbons (Fsp3) is 0.417. The molecule has 5 nitrogen and oxygen atoms in total. The minimum Gasteiger partial charge on any atom is -0.477 e. The molecule has 2 aromatic carbocycles. The molecule has 0 atom stereocenters. The van der Waals surface area contributed by atoms with Crippen molar-refractivity contribution in [2.45, 2.75) is 138 Å². The van der Waals surface area contributed by atoms with Gasteiger partial charge in [-0.25, -0.2) is 9.78 Å². The monoisotopic (exact) mass is 904 g/mol. The van der Waals surface area contributed by atoms with Gasteiger partial charge in [-0.15, -0.1) is 67.8 Å². The Morgan fingerprint density at radius 1 is 0.370 bits per heavy atom. The summed E-state index contributed by atoms with van der Waals surface area (Å²) in [4.78, 5) is 24.5. The normalized spacial score (nSPS) is 10.6. The third-order valence-corrected chi connectivity index (χ3v) is 12.3. The van der Waals surface area contributed by atoms with Gasteiger partial charge in [0.15, 0.2) is 5.69 Å². The molecule has 54 heavy (non-hydrogen) atoms. The van der Waals surface area contributed by atoms with Gasteiger partial charge in [0.2, 0.25) is 0 Å². The van der Waals surface area contributed by atoms with Crippen molar-refractivity contribution in [3.05, 3.63) is 129 Å². The van der Waals surface area contributed by atoms with Gasteiger partial charge >= 0.3 is 5.97 Å². The molecule has 1 N–H and O–H groups in total. The number of carbonyl (C=O) groups is 1. The summed E-state index contributed by atoms with van der Waals surface area (Å²) in [6, 6.07) is 7.11. The van der Waals surface area contributed by atoms with Crippen molar-refractivity contribution in [1.82, 2.24) is 15.0 Å². The molecule has 0 saturated heterocycles. The van der Waals surface area contributed by atoms with Crippen LogP contribution in [0.3, 0.4) is 0 Å². The molecule has 1 radical (unpaired) electrons. The van der Waals surface area contributed by atoms with E-state index in [4.69, 9.17) is 15.1 Å². The molecule has 5 aromatic rings. The number of benzene rings is 2. The van der Waals surface area contributed by atoms with E-state index in [9.17, 15) is 4.79 Å². The number of nitrogens with zero attached hydrogens (tertiary/aromatic N) is 3. The number of aryl methyl sites for hydroxylation is 5. The second-order valence-corrected chi connectivity index (χ2v) is 15.1. The Kier molecular flexibility index (Phi) is 15.5. The molecule has 291 valence electrons. The van der Waals surface area contributed by atoms with Crippen molar-refractivity contribution in [3.8, 4) is 22.5 Å². The van der Waals surface area contributed by atoms with Gasteiger partial charge in [0, 0.05) is 37.2 Å². The van der Waals surface area contributed by atoms with E-state index < -0.39 is 5.97 Å². The molecule has 0 spiro atoms. The molecular weight excluding hydrogens is 843 g/mol. The van der Waals surface area contributed by atoms with Crippen LogP contribution in [-0.4, -0.2) is 26.0 Å². The van der Waals surface area contributed by atoms with Gasteiger partial charge in [0.25, 0.3) is 0 Å². The van der Waals surface area contributed by atoms with Crippen LogP contribution in [0.4, 0.5) is 0 Å². The smallest absolute Gasteiger partial charge is 0.354 e. The van der Waals surface area contributed by atoms with Crippen LogP contribution in [-0.2, 0) is 20.1 Å². The van der Waals surface area contributed by atoms with Crippen molar-refractivity contribution in [3.63, 3.8) is 0 Å². The van der Waals surface area contributed by atoms with Crippen molar-refractivity contribution in [1.29, 1.82) is 0 Å². The summed E-state index contributed by atoms with van der Waals surface area (Å²) >= 11 is 0. The van der Waals surface area contributed by atoms with Crippen molar-refractivity contribution >= 4 is 5.97 Å². The number of hydrogen-bond donors (Lipinski definition) is 1. The van der Waals surface area contributed by atoms with Gasteiger partial charge in [0.1, 0.15) is 0 Å². The molecule has 0 unspecified atom stereocenters. The predicted octanol–water partition coefficient (Wildman–Crippen LogP) is 12.0. The number of carboxylic acids is 1. The molecule has 0 saturated carbocycles. The molecule has 3 aromatic heterocycles. The van der Waals surface area contributed by atoms with Crippen LogP contribution in [0.2, 0.25) is 0 Å². The Balaban J connectivity index is 0.000000285. The molecule has 3 heterocycles. The summed E-state index contributed by atoms with van der Waals surface area (Å²) in [5, 5.41) is 8.84. The first-order chi connectivity index (χ1) is 24.5. The minimum atomic E-state index is -0.955. The van der Waals surface area contributed by atoms with Gasteiger partial charge in [-0.2, -0.15) is 0 Å². The number of hydrogen-bond acceptors (Lipinski definition) is 4.